The van der Waals surface area contributed by atoms with Crippen LogP contribution >= 0.6 is 11.8 Å². The molecule has 2 N–H and O–H groups in total. The minimum Gasteiger partial charge on any atom is -0.508 e. The Bertz CT molecular complexity index is 434. The number of rotatable bonds is 5. The zero-order valence-electron chi connectivity index (χ0n) is 11.8. The average Bonchev–Trinajstić information content (AvgIpc) is 2.47. The van der Waals surface area contributed by atoms with Crippen LogP contribution in [0.3, 0.4) is 0 Å². The van der Waals surface area contributed by atoms with E-state index in [0.717, 1.165) is 31.0 Å². The molecule has 0 saturated carbocycles. The van der Waals surface area contributed by atoms with Crippen LogP contribution in [0.4, 0.5) is 0 Å². The van der Waals surface area contributed by atoms with Crippen LogP contribution in [0.1, 0.15) is 12.8 Å². The quantitative estimate of drug-likeness (QED) is 0.815. The average molecular weight is 294 g/mol. The van der Waals surface area contributed by atoms with Crippen molar-refractivity contribution in [2.75, 3.05) is 32.4 Å². The van der Waals surface area contributed by atoms with E-state index in [0.29, 0.717) is 11.7 Å². The van der Waals surface area contributed by atoms with Crippen LogP contribution in [-0.2, 0) is 4.79 Å². The third kappa shape index (κ3) is 4.42. The Morgan fingerprint density at radius 2 is 2.20 bits per heavy atom. The Morgan fingerprint density at radius 3 is 2.90 bits per heavy atom. The summed E-state index contributed by atoms with van der Waals surface area (Å²) in [6.45, 7) is 2.74. The molecule has 1 aromatic rings. The molecule has 4 nitrogen and oxygen atoms in total. The van der Waals surface area contributed by atoms with E-state index in [1.165, 1.54) is 18.2 Å². The second-order valence-corrected chi connectivity index (χ2v) is 6.24. The minimum atomic E-state index is 0.212. The number of carbonyl (C=O) groups excluding carboxylic acids is 1. The number of hydrogen-bond acceptors (Lipinski definition) is 4. The Labute approximate surface area is 124 Å². The molecule has 0 spiro atoms. The zero-order chi connectivity index (χ0) is 14.4. The molecule has 1 heterocycles. The van der Waals surface area contributed by atoms with E-state index < -0.39 is 0 Å². The molecule has 1 aliphatic heterocycles. The first-order valence-corrected chi connectivity index (χ1v) is 8.02. The monoisotopic (exact) mass is 294 g/mol. The van der Waals surface area contributed by atoms with Gasteiger partial charge in [0.05, 0.1) is 5.75 Å². The van der Waals surface area contributed by atoms with Crippen molar-refractivity contribution in [1.29, 1.82) is 0 Å². The van der Waals surface area contributed by atoms with Gasteiger partial charge in [0.1, 0.15) is 5.75 Å². The van der Waals surface area contributed by atoms with Crippen LogP contribution in [0.25, 0.3) is 0 Å². The lowest BCUT2D eigenvalue weighted by Gasteiger charge is -2.32. The molecule has 1 aliphatic rings. The van der Waals surface area contributed by atoms with Crippen LogP contribution in [0.5, 0.6) is 5.75 Å². The predicted molar refractivity (Wildman–Crippen MR) is 82.1 cm³/mol. The number of phenolic OH excluding ortho intramolecular Hbond substituents is 1. The number of thioether (sulfide) groups is 1. The van der Waals surface area contributed by atoms with Gasteiger partial charge in [0.15, 0.2) is 0 Å². The lowest BCUT2D eigenvalue weighted by atomic mass is 9.98. The lowest BCUT2D eigenvalue weighted by molar-refractivity contribution is -0.130. The summed E-state index contributed by atoms with van der Waals surface area (Å²) in [6.07, 6.45) is 2.30. The second-order valence-electron chi connectivity index (χ2n) is 5.19. The van der Waals surface area contributed by atoms with Gasteiger partial charge in [0.25, 0.3) is 0 Å². The van der Waals surface area contributed by atoms with Crippen LogP contribution in [-0.4, -0.2) is 48.3 Å². The number of carbonyl (C=O) groups is 1. The summed E-state index contributed by atoms with van der Waals surface area (Å²) < 4.78 is 0. The molecule has 2 rings (SSSR count). The number of benzene rings is 1. The Hall–Kier alpha value is -1.20. The van der Waals surface area contributed by atoms with Gasteiger partial charge in [-0.15, -0.1) is 11.8 Å². The fourth-order valence-electron chi connectivity index (χ4n) is 2.53. The molecule has 0 bridgehead atoms. The van der Waals surface area contributed by atoms with E-state index in [2.05, 4.69) is 5.32 Å². The summed E-state index contributed by atoms with van der Waals surface area (Å²) in [5.74, 6) is 1.52. The van der Waals surface area contributed by atoms with Crippen LogP contribution in [0.2, 0.25) is 0 Å². The van der Waals surface area contributed by atoms with E-state index >= 15 is 0 Å². The number of piperidine rings is 1. The van der Waals surface area contributed by atoms with Crippen molar-refractivity contribution in [3.8, 4) is 5.75 Å². The number of likely N-dealkylation sites (tertiary alicyclic amines) is 1. The fraction of sp³-hybridized carbons (Fsp3) is 0.533. The number of phenols is 1. The molecule has 1 unspecified atom stereocenters. The van der Waals surface area contributed by atoms with E-state index in [1.54, 1.807) is 12.1 Å². The van der Waals surface area contributed by atoms with Crippen LogP contribution < -0.4 is 5.32 Å². The van der Waals surface area contributed by atoms with Crippen molar-refractivity contribution >= 4 is 17.7 Å². The van der Waals surface area contributed by atoms with Crippen molar-refractivity contribution in [2.45, 2.75) is 17.7 Å². The van der Waals surface area contributed by atoms with Gasteiger partial charge in [0.2, 0.25) is 5.91 Å². The smallest absolute Gasteiger partial charge is 0.232 e. The number of nitrogens with one attached hydrogen (secondary N) is 1. The highest BCUT2D eigenvalue weighted by atomic mass is 32.2. The zero-order valence-corrected chi connectivity index (χ0v) is 12.7. The molecule has 20 heavy (non-hydrogen) atoms. The molecular weight excluding hydrogens is 272 g/mol. The number of aromatic hydroxyl groups is 1. The van der Waals surface area contributed by atoms with E-state index in [-0.39, 0.29) is 11.7 Å². The molecule has 0 radical (unpaired) electrons. The third-order valence-electron chi connectivity index (χ3n) is 3.56. The van der Waals surface area contributed by atoms with E-state index in [4.69, 9.17) is 0 Å². The molecule has 110 valence electrons. The van der Waals surface area contributed by atoms with E-state index in [1.807, 2.05) is 24.1 Å². The van der Waals surface area contributed by atoms with Crippen LogP contribution in [0, 0.1) is 5.92 Å². The van der Waals surface area contributed by atoms with Gasteiger partial charge in [0, 0.05) is 18.0 Å². The summed E-state index contributed by atoms with van der Waals surface area (Å²) >= 11 is 1.53. The molecule has 0 aromatic heterocycles. The van der Waals surface area contributed by atoms with E-state index in [9.17, 15) is 9.90 Å². The highest BCUT2D eigenvalue weighted by Gasteiger charge is 2.22. The molecule has 1 fully saturated rings. The first-order valence-electron chi connectivity index (χ1n) is 7.03. The molecule has 5 heteroatoms. The summed E-state index contributed by atoms with van der Waals surface area (Å²) in [4.78, 5) is 15.2. The highest BCUT2D eigenvalue weighted by Crippen LogP contribution is 2.22. The Kier molecular flexibility index (Phi) is 5.73. The number of amides is 1. The molecular formula is C15H22N2O2S. The normalized spacial score (nSPS) is 19.1. The third-order valence-corrected chi connectivity index (χ3v) is 4.56. The highest BCUT2D eigenvalue weighted by molar-refractivity contribution is 8.00. The Balaban J connectivity index is 1.80. The van der Waals surface area contributed by atoms with Crippen molar-refractivity contribution in [3.63, 3.8) is 0 Å². The maximum Gasteiger partial charge on any atom is 0.232 e. The van der Waals surface area contributed by atoms with Gasteiger partial charge in [-0.25, -0.2) is 0 Å². The second kappa shape index (κ2) is 7.55. The van der Waals surface area contributed by atoms with Crippen LogP contribution in [0.15, 0.2) is 29.2 Å². The van der Waals surface area contributed by atoms with Gasteiger partial charge in [-0.05, 0) is 56.6 Å². The van der Waals surface area contributed by atoms with Crippen molar-refractivity contribution in [1.82, 2.24) is 10.2 Å². The first kappa shape index (κ1) is 15.2. The summed E-state index contributed by atoms with van der Waals surface area (Å²) in [7, 11) is 1.96. The molecule has 1 atom stereocenters. The van der Waals surface area contributed by atoms with Gasteiger partial charge in [-0.2, -0.15) is 0 Å². The van der Waals surface area contributed by atoms with Crippen molar-refractivity contribution < 1.29 is 9.90 Å². The SMILES string of the molecule is CNCC1CCCN(C(=O)CSc2ccc(O)cc2)C1. The standard InChI is InChI=1S/C15H22N2O2S/c1-16-9-12-3-2-8-17(10-12)15(19)11-20-14-6-4-13(18)5-7-14/h4-7,12,16,18H,2-3,8-11H2,1H3. The van der Waals surface area contributed by atoms with Gasteiger partial charge in [-0.1, -0.05) is 0 Å². The topological polar surface area (TPSA) is 52.6 Å². The summed E-state index contributed by atoms with van der Waals surface area (Å²) in [5, 5.41) is 12.4. The number of hydrogen-bond donors (Lipinski definition) is 2. The van der Waals surface area contributed by atoms with Gasteiger partial charge >= 0.3 is 0 Å². The predicted octanol–water partition coefficient (Wildman–Crippen LogP) is 1.94. The fourth-order valence-corrected chi connectivity index (χ4v) is 3.33. The molecule has 0 aliphatic carbocycles. The minimum absolute atomic E-state index is 0.212. The molecule has 1 saturated heterocycles. The van der Waals surface area contributed by atoms with Crippen molar-refractivity contribution in [3.05, 3.63) is 24.3 Å². The maximum atomic E-state index is 12.2. The lowest BCUT2D eigenvalue weighted by Crippen LogP contribution is -2.43. The Morgan fingerprint density at radius 1 is 1.45 bits per heavy atom. The van der Waals surface area contributed by atoms with Crippen molar-refractivity contribution in [2.24, 2.45) is 5.92 Å². The number of nitrogens with zero attached hydrogens (tertiary/aromatic N) is 1. The summed E-state index contributed by atoms with van der Waals surface area (Å²) in [5.41, 5.74) is 0. The first-order chi connectivity index (χ1) is 9.69. The van der Waals surface area contributed by atoms with Gasteiger partial charge < -0.3 is 15.3 Å². The largest absolute Gasteiger partial charge is 0.508 e. The molecule has 1 amide bonds. The molecule has 1 aromatic carbocycles. The summed E-state index contributed by atoms with van der Waals surface area (Å²) in [6, 6.07) is 6.98. The van der Waals surface area contributed by atoms with Gasteiger partial charge in [-0.3, -0.25) is 4.79 Å². The maximum absolute atomic E-state index is 12.2.